The lowest BCUT2D eigenvalue weighted by Crippen LogP contribution is -2.48. The topological polar surface area (TPSA) is 49.9 Å². The standard InChI is InChI=1S/C13H15FN2O3/c1-19-12-3-2-10(14)8-11(12)13(18)16-6-4-15(9-17)5-7-16/h2-3,8-9H,4-7H2,1H3. The Morgan fingerprint density at radius 1 is 1.32 bits per heavy atom. The maximum Gasteiger partial charge on any atom is 0.257 e. The minimum absolute atomic E-state index is 0.210. The number of benzene rings is 1. The lowest BCUT2D eigenvalue weighted by molar-refractivity contribution is -0.119. The molecule has 0 spiro atoms. The summed E-state index contributed by atoms with van der Waals surface area (Å²) in [5, 5.41) is 0. The Labute approximate surface area is 110 Å². The molecule has 0 saturated carbocycles. The largest absolute Gasteiger partial charge is 0.496 e. The van der Waals surface area contributed by atoms with Gasteiger partial charge < -0.3 is 14.5 Å². The summed E-state index contributed by atoms with van der Waals surface area (Å²) in [5.74, 6) is -0.401. The molecule has 6 heteroatoms. The molecule has 0 atom stereocenters. The predicted octanol–water partition coefficient (Wildman–Crippen LogP) is 0.748. The molecule has 1 aliphatic heterocycles. The summed E-state index contributed by atoms with van der Waals surface area (Å²) in [6, 6.07) is 3.86. The van der Waals surface area contributed by atoms with Crippen molar-refractivity contribution in [2.75, 3.05) is 33.3 Å². The summed E-state index contributed by atoms with van der Waals surface area (Å²) in [6.07, 6.45) is 0.768. The van der Waals surface area contributed by atoms with Crippen molar-refractivity contribution >= 4 is 12.3 Å². The molecule has 1 heterocycles. The fraction of sp³-hybridized carbons (Fsp3) is 0.385. The lowest BCUT2D eigenvalue weighted by Gasteiger charge is -2.32. The summed E-state index contributed by atoms with van der Waals surface area (Å²) in [4.78, 5) is 26.1. The van der Waals surface area contributed by atoms with E-state index in [0.717, 1.165) is 6.41 Å². The van der Waals surface area contributed by atoms with Crippen LogP contribution in [0.1, 0.15) is 10.4 Å². The fourth-order valence-corrected chi connectivity index (χ4v) is 2.05. The van der Waals surface area contributed by atoms with Crippen molar-refractivity contribution in [3.05, 3.63) is 29.6 Å². The fourth-order valence-electron chi connectivity index (χ4n) is 2.05. The second-order valence-electron chi connectivity index (χ2n) is 4.28. The zero-order valence-electron chi connectivity index (χ0n) is 10.6. The number of ether oxygens (including phenoxy) is 1. The molecule has 2 amide bonds. The Hall–Kier alpha value is -2.11. The number of methoxy groups -OCH3 is 1. The lowest BCUT2D eigenvalue weighted by atomic mass is 10.1. The van der Waals surface area contributed by atoms with Gasteiger partial charge in [0.05, 0.1) is 12.7 Å². The molecule has 0 N–H and O–H groups in total. The molecule has 0 unspecified atom stereocenters. The van der Waals surface area contributed by atoms with Gasteiger partial charge in [-0.15, -0.1) is 0 Å². The van der Waals surface area contributed by atoms with Crippen LogP contribution >= 0.6 is 0 Å². The maximum atomic E-state index is 13.2. The Bertz CT molecular complexity index is 485. The number of hydrogen-bond acceptors (Lipinski definition) is 3. The van der Waals surface area contributed by atoms with Crippen LogP contribution in [0.4, 0.5) is 4.39 Å². The number of hydrogen-bond donors (Lipinski definition) is 0. The van der Waals surface area contributed by atoms with E-state index in [2.05, 4.69) is 0 Å². The van der Waals surface area contributed by atoms with E-state index in [9.17, 15) is 14.0 Å². The van der Waals surface area contributed by atoms with E-state index >= 15 is 0 Å². The van der Waals surface area contributed by atoms with Gasteiger partial charge in [0.15, 0.2) is 0 Å². The third-order valence-corrected chi connectivity index (χ3v) is 3.14. The van der Waals surface area contributed by atoms with Gasteiger partial charge in [0, 0.05) is 26.2 Å². The van der Waals surface area contributed by atoms with Gasteiger partial charge in [0.1, 0.15) is 11.6 Å². The van der Waals surface area contributed by atoms with Crippen molar-refractivity contribution in [2.24, 2.45) is 0 Å². The van der Waals surface area contributed by atoms with Crippen LogP contribution in [0, 0.1) is 5.82 Å². The van der Waals surface area contributed by atoms with E-state index in [0.29, 0.717) is 31.9 Å². The molecular weight excluding hydrogens is 251 g/mol. The Morgan fingerprint density at radius 2 is 2.00 bits per heavy atom. The molecule has 1 fully saturated rings. The first-order valence-electron chi connectivity index (χ1n) is 5.98. The smallest absolute Gasteiger partial charge is 0.257 e. The molecule has 102 valence electrons. The van der Waals surface area contributed by atoms with E-state index < -0.39 is 5.82 Å². The highest BCUT2D eigenvalue weighted by atomic mass is 19.1. The molecule has 0 bridgehead atoms. The van der Waals surface area contributed by atoms with Gasteiger partial charge in [-0.3, -0.25) is 9.59 Å². The van der Waals surface area contributed by atoms with E-state index in [-0.39, 0.29) is 11.5 Å². The van der Waals surface area contributed by atoms with Crippen molar-refractivity contribution < 1.29 is 18.7 Å². The van der Waals surface area contributed by atoms with Crippen LogP contribution in [-0.4, -0.2) is 55.4 Å². The molecule has 1 aromatic rings. The van der Waals surface area contributed by atoms with Crippen LogP contribution in [0.15, 0.2) is 18.2 Å². The number of rotatable bonds is 3. The Balaban J connectivity index is 2.16. The minimum Gasteiger partial charge on any atom is -0.496 e. The maximum absolute atomic E-state index is 13.2. The van der Waals surface area contributed by atoms with Crippen LogP contribution in [0.25, 0.3) is 0 Å². The highest BCUT2D eigenvalue weighted by molar-refractivity contribution is 5.97. The molecular formula is C13H15FN2O3. The van der Waals surface area contributed by atoms with E-state index in [1.807, 2.05) is 0 Å². The third kappa shape index (κ3) is 2.83. The van der Waals surface area contributed by atoms with Gasteiger partial charge in [-0.25, -0.2) is 4.39 Å². The van der Waals surface area contributed by atoms with Gasteiger partial charge in [-0.05, 0) is 18.2 Å². The number of nitrogens with zero attached hydrogens (tertiary/aromatic N) is 2. The molecule has 5 nitrogen and oxygen atoms in total. The van der Waals surface area contributed by atoms with Gasteiger partial charge in [-0.1, -0.05) is 0 Å². The number of carbonyl (C=O) groups is 2. The Kier molecular flexibility index (Phi) is 3.99. The summed E-state index contributed by atoms with van der Waals surface area (Å²) in [5.41, 5.74) is 0.210. The second kappa shape index (κ2) is 5.69. The number of halogens is 1. The summed E-state index contributed by atoms with van der Waals surface area (Å²) >= 11 is 0. The zero-order chi connectivity index (χ0) is 13.8. The number of piperazine rings is 1. The first-order valence-corrected chi connectivity index (χ1v) is 5.98. The predicted molar refractivity (Wildman–Crippen MR) is 66.5 cm³/mol. The average Bonchev–Trinajstić information content (AvgIpc) is 2.46. The second-order valence-corrected chi connectivity index (χ2v) is 4.28. The third-order valence-electron chi connectivity index (χ3n) is 3.14. The molecule has 1 saturated heterocycles. The molecule has 2 rings (SSSR count). The molecule has 19 heavy (non-hydrogen) atoms. The van der Waals surface area contributed by atoms with Crippen molar-refractivity contribution in [3.8, 4) is 5.75 Å². The molecule has 1 aliphatic rings. The summed E-state index contributed by atoms with van der Waals surface area (Å²) < 4.78 is 18.3. The first-order chi connectivity index (χ1) is 9.15. The highest BCUT2D eigenvalue weighted by Crippen LogP contribution is 2.21. The monoisotopic (exact) mass is 266 g/mol. The van der Waals surface area contributed by atoms with Crippen molar-refractivity contribution in [2.45, 2.75) is 0 Å². The number of carbonyl (C=O) groups excluding carboxylic acids is 2. The van der Waals surface area contributed by atoms with Crippen molar-refractivity contribution in [3.63, 3.8) is 0 Å². The van der Waals surface area contributed by atoms with Gasteiger partial charge in [-0.2, -0.15) is 0 Å². The van der Waals surface area contributed by atoms with Crippen LogP contribution < -0.4 is 4.74 Å². The van der Waals surface area contributed by atoms with Crippen LogP contribution in [0.3, 0.4) is 0 Å². The molecule has 1 aromatic carbocycles. The van der Waals surface area contributed by atoms with Gasteiger partial charge in [0.25, 0.3) is 5.91 Å². The van der Waals surface area contributed by atoms with E-state index in [1.54, 1.807) is 9.80 Å². The minimum atomic E-state index is -0.476. The van der Waals surface area contributed by atoms with Crippen molar-refractivity contribution in [1.82, 2.24) is 9.80 Å². The van der Waals surface area contributed by atoms with E-state index in [1.165, 1.54) is 25.3 Å². The Morgan fingerprint density at radius 3 is 2.58 bits per heavy atom. The number of amides is 2. The van der Waals surface area contributed by atoms with Crippen LogP contribution in [0.2, 0.25) is 0 Å². The zero-order valence-corrected chi connectivity index (χ0v) is 10.6. The van der Waals surface area contributed by atoms with Gasteiger partial charge in [0.2, 0.25) is 6.41 Å². The average molecular weight is 266 g/mol. The van der Waals surface area contributed by atoms with Crippen LogP contribution in [0.5, 0.6) is 5.75 Å². The SMILES string of the molecule is COc1ccc(F)cc1C(=O)N1CCN(C=O)CC1. The van der Waals surface area contributed by atoms with Crippen LogP contribution in [-0.2, 0) is 4.79 Å². The van der Waals surface area contributed by atoms with Gasteiger partial charge >= 0.3 is 0 Å². The molecule has 0 aromatic heterocycles. The summed E-state index contributed by atoms with van der Waals surface area (Å²) in [7, 11) is 1.44. The molecule has 0 radical (unpaired) electrons. The quantitative estimate of drug-likeness (QED) is 0.759. The summed E-state index contributed by atoms with van der Waals surface area (Å²) in [6.45, 7) is 1.87. The normalized spacial score (nSPS) is 15.3. The molecule has 0 aliphatic carbocycles. The van der Waals surface area contributed by atoms with E-state index in [4.69, 9.17) is 4.74 Å². The van der Waals surface area contributed by atoms with Crippen molar-refractivity contribution in [1.29, 1.82) is 0 Å². The first kappa shape index (κ1) is 13.3. The highest BCUT2D eigenvalue weighted by Gasteiger charge is 2.24.